The predicted molar refractivity (Wildman–Crippen MR) is 58.5 cm³/mol. The van der Waals surface area contributed by atoms with E-state index in [2.05, 4.69) is 49.3 Å². The maximum absolute atomic E-state index is 2.32. The number of halogens is 1. The molecule has 1 nitrogen and oxygen atoms in total. The SMILES string of the molecule is CN(C)C1CC1c1ccccc1.Cl. The molecule has 72 valence electrons. The summed E-state index contributed by atoms with van der Waals surface area (Å²) in [6.07, 6.45) is 1.33. The Labute approximate surface area is 86.2 Å². The molecule has 1 fully saturated rings. The van der Waals surface area contributed by atoms with Crippen molar-refractivity contribution in [1.29, 1.82) is 0 Å². The van der Waals surface area contributed by atoms with Crippen molar-refractivity contribution in [1.82, 2.24) is 4.90 Å². The van der Waals surface area contributed by atoms with Crippen molar-refractivity contribution in [2.24, 2.45) is 0 Å². The summed E-state index contributed by atoms with van der Waals surface area (Å²) in [5.74, 6) is 0.793. The van der Waals surface area contributed by atoms with Gasteiger partial charge in [0.2, 0.25) is 0 Å². The number of hydrogen-bond acceptors (Lipinski definition) is 1. The van der Waals surface area contributed by atoms with Gasteiger partial charge in [-0.15, -0.1) is 12.4 Å². The molecule has 2 rings (SSSR count). The Bertz CT molecular complexity index is 258. The summed E-state index contributed by atoms with van der Waals surface area (Å²) in [4.78, 5) is 2.32. The lowest BCUT2D eigenvalue weighted by Gasteiger charge is -2.08. The highest BCUT2D eigenvalue weighted by Gasteiger charge is 2.39. The Kier molecular flexibility index (Phi) is 3.34. The second-order valence-electron chi connectivity index (χ2n) is 3.78. The van der Waals surface area contributed by atoms with Crippen LogP contribution in [-0.2, 0) is 0 Å². The lowest BCUT2D eigenvalue weighted by atomic mass is 10.1. The van der Waals surface area contributed by atoms with Crippen molar-refractivity contribution in [2.45, 2.75) is 18.4 Å². The molecule has 1 aliphatic carbocycles. The summed E-state index contributed by atoms with van der Waals surface area (Å²) < 4.78 is 0. The molecule has 1 aliphatic rings. The van der Waals surface area contributed by atoms with E-state index >= 15 is 0 Å². The smallest absolute Gasteiger partial charge is 0.0165 e. The third kappa shape index (κ3) is 2.23. The molecule has 0 N–H and O–H groups in total. The molecule has 1 aromatic rings. The van der Waals surface area contributed by atoms with E-state index in [4.69, 9.17) is 0 Å². The number of rotatable bonds is 2. The molecule has 0 aromatic heterocycles. The molecule has 1 aromatic carbocycles. The minimum absolute atomic E-state index is 0. The molecule has 1 saturated carbocycles. The van der Waals surface area contributed by atoms with E-state index in [1.807, 2.05) is 0 Å². The van der Waals surface area contributed by atoms with Crippen LogP contribution in [0.1, 0.15) is 17.9 Å². The second-order valence-corrected chi connectivity index (χ2v) is 3.78. The molecule has 0 bridgehead atoms. The van der Waals surface area contributed by atoms with E-state index in [0.29, 0.717) is 0 Å². The monoisotopic (exact) mass is 197 g/mol. The van der Waals surface area contributed by atoms with Crippen molar-refractivity contribution >= 4 is 12.4 Å². The molecule has 0 heterocycles. The normalized spacial score (nSPS) is 25.5. The van der Waals surface area contributed by atoms with Gasteiger partial charge in [-0.2, -0.15) is 0 Å². The summed E-state index contributed by atoms with van der Waals surface area (Å²) in [6, 6.07) is 11.6. The van der Waals surface area contributed by atoms with Crippen LogP contribution in [0.2, 0.25) is 0 Å². The van der Waals surface area contributed by atoms with Crippen LogP contribution in [0.5, 0.6) is 0 Å². The first-order chi connectivity index (χ1) is 5.79. The first kappa shape index (κ1) is 10.6. The number of nitrogens with zero attached hydrogens (tertiary/aromatic N) is 1. The zero-order valence-electron chi connectivity index (χ0n) is 8.10. The Morgan fingerprint density at radius 2 is 1.77 bits per heavy atom. The number of hydrogen-bond donors (Lipinski definition) is 0. The molecule has 2 unspecified atom stereocenters. The van der Waals surface area contributed by atoms with Gasteiger partial charge in [0.05, 0.1) is 0 Å². The summed E-state index contributed by atoms with van der Waals surface area (Å²) in [6.45, 7) is 0. The number of likely N-dealkylation sites (N-methyl/N-ethyl adjacent to an activating group) is 1. The second kappa shape index (κ2) is 4.12. The fourth-order valence-corrected chi connectivity index (χ4v) is 1.81. The Hall–Kier alpha value is -0.530. The lowest BCUT2D eigenvalue weighted by Crippen LogP contribution is -2.15. The summed E-state index contributed by atoms with van der Waals surface area (Å²) >= 11 is 0. The predicted octanol–water partition coefficient (Wildman–Crippen LogP) is 2.53. The lowest BCUT2D eigenvalue weighted by molar-refractivity contribution is 0.391. The van der Waals surface area contributed by atoms with Crippen molar-refractivity contribution < 1.29 is 0 Å². The zero-order chi connectivity index (χ0) is 8.55. The molecule has 0 radical (unpaired) electrons. The van der Waals surface area contributed by atoms with Gasteiger partial charge in [-0.05, 0) is 26.1 Å². The Morgan fingerprint density at radius 3 is 2.23 bits per heavy atom. The van der Waals surface area contributed by atoms with E-state index in [0.717, 1.165) is 12.0 Å². The van der Waals surface area contributed by atoms with Crippen molar-refractivity contribution in [2.75, 3.05) is 14.1 Å². The van der Waals surface area contributed by atoms with Crippen molar-refractivity contribution in [3.05, 3.63) is 35.9 Å². The van der Waals surface area contributed by atoms with E-state index < -0.39 is 0 Å². The Balaban J connectivity index is 0.000000845. The highest BCUT2D eigenvalue weighted by molar-refractivity contribution is 5.85. The third-order valence-electron chi connectivity index (χ3n) is 2.65. The molecule has 0 amide bonds. The molecular formula is C11H16ClN. The molecule has 0 spiro atoms. The zero-order valence-corrected chi connectivity index (χ0v) is 8.92. The van der Waals surface area contributed by atoms with E-state index in [-0.39, 0.29) is 12.4 Å². The van der Waals surface area contributed by atoms with Gasteiger partial charge in [-0.1, -0.05) is 30.3 Å². The molecule has 2 heteroatoms. The van der Waals surface area contributed by atoms with Crippen LogP contribution in [-0.4, -0.2) is 25.0 Å². The van der Waals surface area contributed by atoms with Crippen LogP contribution in [0.4, 0.5) is 0 Å². The molecule has 2 atom stereocenters. The molecular weight excluding hydrogens is 182 g/mol. The van der Waals surface area contributed by atoms with Gasteiger partial charge in [0.25, 0.3) is 0 Å². The standard InChI is InChI=1S/C11H15N.ClH/c1-12(2)11-8-10(11)9-6-4-3-5-7-9;/h3-7,10-11H,8H2,1-2H3;1H. The van der Waals surface area contributed by atoms with Crippen molar-refractivity contribution in [3.8, 4) is 0 Å². The van der Waals surface area contributed by atoms with Crippen LogP contribution < -0.4 is 0 Å². The van der Waals surface area contributed by atoms with E-state index in [9.17, 15) is 0 Å². The van der Waals surface area contributed by atoms with Gasteiger partial charge in [0.1, 0.15) is 0 Å². The minimum Gasteiger partial charge on any atom is -0.306 e. The van der Waals surface area contributed by atoms with Gasteiger partial charge in [-0.3, -0.25) is 0 Å². The fraction of sp³-hybridized carbons (Fsp3) is 0.455. The topological polar surface area (TPSA) is 3.24 Å². The average Bonchev–Trinajstić information content (AvgIpc) is 2.84. The number of benzene rings is 1. The van der Waals surface area contributed by atoms with E-state index in [1.165, 1.54) is 12.0 Å². The highest BCUT2D eigenvalue weighted by Crippen LogP contribution is 2.43. The van der Waals surface area contributed by atoms with Gasteiger partial charge in [0.15, 0.2) is 0 Å². The third-order valence-corrected chi connectivity index (χ3v) is 2.65. The van der Waals surface area contributed by atoms with E-state index in [1.54, 1.807) is 0 Å². The van der Waals surface area contributed by atoms with Crippen molar-refractivity contribution in [3.63, 3.8) is 0 Å². The Morgan fingerprint density at radius 1 is 1.15 bits per heavy atom. The maximum Gasteiger partial charge on any atom is 0.0165 e. The fourth-order valence-electron chi connectivity index (χ4n) is 1.81. The highest BCUT2D eigenvalue weighted by atomic mass is 35.5. The molecule has 0 saturated heterocycles. The van der Waals surface area contributed by atoms with Crippen LogP contribution in [0.15, 0.2) is 30.3 Å². The quantitative estimate of drug-likeness (QED) is 0.705. The average molecular weight is 198 g/mol. The van der Waals surface area contributed by atoms with Crippen LogP contribution in [0.25, 0.3) is 0 Å². The van der Waals surface area contributed by atoms with Gasteiger partial charge in [-0.25, -0.2) is 0 Å². The largest absolute Gasteiger partial charge is 0.306 e. The maximum atomic E-state index is 2.32. The first-order valence-corrected chi connectivity index (χ1v) is 4.50. The van der Waals surface area contributed by atoms with Crippen LogP contribution in [0.3, 0.4) is 0 Å². The van der Waals surface area contributed by atoms with Crippen LogP contribution >= 0.6 is 12.4 Å². The molecule has 13 heavy (non-hydrogen) atoms. The summed E-state index contributed by atoms with van der Waals surface area (Å²) in [5, 5.41) is 0. The van der Waals surface area contributed by atoms with Gasteiger partial charge >= 0.3 is 0 Å². The summed E-state index contributed by atoms with van der Waals surface area (Å²) in [7, 11) is 4.32. The summed E-state index contributed by atoms with van der Waals surface area (Å²) in [5.41, 5.74) is 1.50. The minimum atomic E-state index is 0. The van der Waals surface area contributed by atoms with Crippen LogP contribution in [0, 0.1) is 0 Å². The molecule has 0 aliphatic heterocycles. The van der Waals surface area contributed by atoms with Gasteiger partial charge < -0.3 is 4.90 Å². The van der Waals surface area contributed by atoms with Gasteiger partial charge in [0, 0.05) is 12.0 Å². The first-order valence-electron chi connectivity index (χ1n) is 4.50.